The summed E-state index contributed by atoms with van der Waals surface area (Å²) in [4.78, 5) is 3.57. The van der Waals surface area contributed by atoms with Crippen molar-refractivity contribution in [3.8, 4) is 11.8 Å². The molecule has 7 heteroatoms. The lowest BCUT2D eigenvalue weighted by molar-refractivity contribution is -0.274. The van der Waals surface area contributed by atoms with Crippen LogP contribution in [-0.2, 0) is 6.54 Å². The van der Waals surface area contributed by atoms with Gasteiger partial charge in [-0.1, -0.05) is 0 Å². The van der Waals surface area contributed by atoms with Crippen LogP contribution in [0, 0.1) is 11.3 Å². The second kappa shape index (κ2) is 4.14. The van der Waals surface area contributed by atoms with Crippen molar-refractivity contribution in [3.05, 3.63) is 23.5 Å². The molecule has 80 valence electrons. The number of aromatic nitrogens is 1. The van der Waals surface area contributed by atoms with Gasteiger partial charge in [-0.05, 0) is 0 Å². The highest BCUT2D eigenvalue weighted by Crippen LogP contribution is 2.26. The van der Waals surface area contributed by atoms with Crippen molar-refractivity contribution < 1.29 is 17.9 Å². The molecule has 1 heterocycles. The fourth-order valence-corrected chi connectivity index (χ4v) is 0.899. The zero-order chi connectivity index (χ0) is 11.5. The number of hydrogen-bond donors (Lipinski definition) is 1. The first-order chi connectivity index (χ1) is 6.96. The summed E-state index contributed by atoms with van der Waals surface area (Å²) >= 11 is 0. The number of alkyl halides is 3. The molecule has 1 rings (SSSR count). The van der Waals surface area contributed by atoms with E-state index in [-0.39, 0.29) is 17.8 Å². The molecule has 0 aliphatic carbocycles. The smallest absolute Gasteiger partial charge is 0.405 e. The van der Waals surface area contributed by atoms with Crippen LogP contribution in [0.4, 0.5) is 13.2 Å². The quantitative estimate of drug-likeness (QED) is 0.810. The van der Waals surface area contributed by atoms with Gasteiger partial charge in [0, 0.05) is 24.4 Å². The molecular weight excluding hydrogens is 211 g/mol. The third-order valence-electron chi connectivity index (χ3n) is 1.50. The lowest BCUT2D eigenvalue weighted by atomic mass is 10.2. The topological polar surface area (TPSA) is 71.9 Å². The molecule has 0 bridgehead atoms. The summed E-state index contributed by atoms with van der Waals surface area (Å²) in [5, 5.41) is 8.44. The van der Waals surface area contributed by atoms with E-state index >= 15 is 0 Å². The lowest BCUT2D eigenvalue weighted by Gasteiger charge is -2.11. The molecule has 0 aliphatic rings. The first-order valence-corrected chi connectivity index (χ1v) is 3.81. The van der Waals surface area contributed by atoms with Gasteiger partial charge in [-0.15, -0.1) is 13.2 Å². The predicted molar refractivity (Wildman–Crippen MR) is 43.5 cm³/mol. The molecule has 1 aromatic rings. The molecule has 2 N–H and O–H groups in total. The van der Waals surface area contributed by atoms with Crippen LogP contribution in [0.3, 0.4) is 0 Å². The Kier molecular flexibility index (Phi) is 3.11. The van der Waals surface area contributed by atoms with E-state index in [2.05, 4.69) is 9.72 Å². The second-order valence-corrected chi connectivity index (χ2v) is 2.54. The fraction of sp³-hybridized carbons (Fsp3) is 0.250. The average molecular weight is 217 g/mol. The Labute approximate surface area is 83.1 Å². The number of halogens is 3. The second-order valence-electron chi connectivity index (χ2n) is 2.54. The lowest BCUT2D eigenvalue weighted by Crippen LogP contribution is -2.19. The van der Waals surface area contributed by atoms with E-state index in [1.165, 1.54) is 0 Å². The standard InChI is InChI=1S/C8H6F3N3O/c9-8(10,11)15-7-1-6(3-13)14-4-5(7)2-12/h1,4H,2,12H2. The van der Waals surface area contributed by atoms with Gasteiger partial charge in [0.1, 0.15) is 17.5 Å². The number of nitrogens with two attached hydrogens (primary N) is 1. The Morgan fingerprint density at radius 1 is 1.53 bits per heavy atom. The van der Waals surface area contributed by atoms with E-state index in [0.717, 1.165) is 12.3 Å². The molecule has 0 unspecified atom stereocenters. The number of nitrogens with zero attached hydrogens (tertiary/aromatic N) is 2. The molecule has 0 fully saturated rings. The maximum absolute atomic E-state index is 11.9. The molecule has 15 heavy (non-hydrogen) atoms. The van der Waals surface area contributed by atoms with Gasteiger partial charge in [0.2, 0.25) is 0 Å². The van der Waals surface area contributed by atoms with E-state index in [1.54, 1.807) is 6.07 Å². The van der Waals surface area contributed by atoms with Gasteiger partial charge in [0.15, 0.2) is 0 Å². The Hall–Kier alpha value is -1.81. The summed E-state index contributed by atoms with van der Waals surface area (Å²) < 4.78 is 39.5. The van der Waals surface area contributed by atoms with Crippen molar-refractivity contribution in [2.75, 3.05) is 0 Å². The van der Waals surface area contributed by atoms with Crippen molar-refractivity contribution >= 4 is 0 Å². The molecule has 0 aliphatic heterocycles. The van der Waals surface area contributed by atoms with Crippen LogP contribution in [-0.4, -0.2) is 11.3 Å². The first-order valence-electron chi connectivity index (χ1n) is 3.81. The van der Waals surface area contributed by atoms with Crippen molar-refractivity contribution in [3.63, 3.8) is 0 Å². The zero-order valence-corrected chi connectivity index (χ0v) is 7.38. The predicted octanol–water partition coefficient (Wildman–Crippen LogP) is 1.31. The summed E-state index contributed by atoms with van der Waals surface area (Å²) in [7, 11) is 0. The van der Waals surface area contributed by atoms with Crippen molar-refractivity contribution in [2.45, 2.75) is 12.9 Å². The van der Waals surface area contributed by atoms with Crippen molar-refractivity contribution in [2.24, 2.45) is 5.73 Å². The van der Waals surface area contributed by atoms with Gasteiger partial charge in [0.05, 0.1) is 0 Å². The summed E-state index contributed by atoms with van der Waals surface area (Å²) in [5.41, 5.74) is 5.12. The van der Waals surface area contributed by atoms with E-state index in [1.807, 2.05) is 0 Å². The third-order valence-corrected chi connectivity index (χ3v) is 1.50. The molecule has 0 amide bonds. The van der Waals surface area contributed by atoms with Crippen LogP contribution >= 0.6 is 0 Å². The van der Waals surface area contributed by atoms with Crippen LogP contribution in [0.15, 0.2) is 12.3 Å². The number of pyridine rings is 1. The van der Waals surface area contributed by atoms with Crippen LogP contribution < -0.4 is 10.5 Å². The Balaban J connectivity index is 3.08. The first kappa shape index (κ1) is 11.3. The highest BCUT2D eigenvalue weighted by molar-refractivity contribution is 5.37. The molecule has 1 aromatic heterocycles. The van der Waals surface area contributed by atoms with E-state index in [9.17, 15) is 13.2 Å². The normalized spacial score (nSPS) is 10.9. The molecule has 0 radical (unpaired) electrons. The van der Waals surface area contributed by atoms with Gasteiger partial charge in [-0.3, -0.25) is 0 Å². The fourth-order valence-electron chi connectivity index (χ4n) is 0.899. The number of ether oxygens (including phenoxy) is 1. The Morgan fingerprint density at radius 3 is 2.67 bits per heavy atom. The van der Waals surface area contributed by atoms with Gasteiger partial charge < -0.3 is 10.5 Å². The highest BCUT2D eigenvalue weighted by Gasteiger charge is 2.32. The molecule has 4 nitrogen and oxygen atoms in total. The monoisotopic (exact) mass is 217 g/mol. The number of rotatable bonds is 2. The van der Waals surface area contributed by atoms with E-state index in [4.69, 9.17) is 11.0 Å². The number of hydrogen-bond acceptors (Lipinski definition) is 4. The van der Waals surface area contributed by atoms with Gasteiger partial charge >= 0.3 is 6.36 Å². The Morgan fingerprint density at radius 2 is 2.20 bits per heavy atom. The molecule has 0 spiro atoms. The summed E-state index contributed by atoms with van der Waals surface area (Å²) in [6.45, 7) is -0.149. The molecule has 0 saturated carbocycles. The number of nitriles is 1. The van der Waals surface area contributed by atoms with Crippen LogP contribution in [0.25, 0.3) is 0 Å². The molecule has 0 aromatic carbocycles. The summed E-state index contributed by atoms with van der Waals surface area (Å²) in [6.07, 6.45) is -3.72. The van der Waals surface area contributed by atoms with Crippen molar-refractivity contribution in [1.29, 1.82) is 5.26 Å². The summed E-state index contributed by atoms with van der Waals surface area (Å²) in [5.74, 6) is -0.489. The SMILES string of the molecule is N#Cc1cc(OC(F)(F)F)c(CN)cn1. The van der Waals surface area contributed by atoms with Crippen molar-refractivity contribution in [1.82, 2.24) is 4.98 Å². The maximum atomic E-state index is 11.9. The highest BCUT2D eigenvalue weighted by atomic mass is 19.4. The molecule has 0 atom stereocenters. The molecule has 0 saturated heterocycles. The van der Waals surface area contributed by atoms with Crippen LogP contribution in [0.1, 0.15) is 11.3 Å². The minimum absolute atomic E-state index is 0.0892. The summed E-state index contributed by atoms with van der Waals surface area (Å²) in [6, 6.07) is 2.50. The van der Waals surface area contributed by atoms with Crippen LogP contribution in [0.2, 0.25) is 0 Å². The molecular formula is C8H6F3N3O. The van der Waals surface area contributed by atoms with Gasteiger partial charge in [0.25, 0.3) is 0 Å². The average Bonchev–Trinajstić information content (AvgIpc) is 2.15. The van der Waals surface area contributed by atoms with Gasteiger partial charge in [-0.2, -0.15) is 5.26 Å². The van der Waals surface area contributed by atoms with Gasteiger partial charge in [-0.25, -0.2) is 4.98 Å². The maximum Gasteiger partial charge on any atom is 0.573 e. The zero-order valence-electron chi connectivity index (χ0n) is 7.38. The minimum Gasteiger partial charge on any atom is -0.405 e. The van der Waals surface area contributed by atoms with Crippen LogP contribution in [0.5, 0.6) is 5.75 Å². The largest absolute Gasteiger partial charge is 0.573 e. The van der Waals surface area contributed by atoms with E-state index < -0.39 is 12.1 Å². The Bertz CT molecular complexity index is 397. The minimum atomic E-state index is -4.81. The van der Waals surface area contributed by atoms with E-state index in [0.29, 0.717) is 0 Å². The third kappa shape index (κ3) is 3.11.